The zero-order chi connectivity index (χ0) is 20.2. The summed E-state index contributed by atoms with van der Waals surface area (Å²) in [7, 11) is 1.64. The molecule has 1 aromatic carbocycles. The molecular formula is C21H22N6O2. The van der Waals surface area contributed by atoms with Gasteiger partial charge in [0.15, 0.2) is 23.0 Å². The molecular weight excluding hydrogens is 368 g/mol. The second-order valence-electron chi connectivity index (χ2n) is 6.76. The first-order valence-electron chi connectivity index (χ1n) is 9.35. The van der Waals surface area contributed by atoms with Crippen LogP contribution in [0.3, 0.4) is 0 Å². The van der Waals surface area contributed by atoms with Crippen molar-refractivity contribution in [1.82, 2.24) is 29.8 Å². The Bertz CT molecular complexity index is 1120. The molecule has 29 heavy (non-hydrogen) atoms. The highest BCUT2D eigenvalue weighted by atomic mass is 16.5. The molecule has 0 spiro atoms. The lowest BCUT2D eigenvalue weighted by molar-refractivity contribution is 0.146. The van der Waals surface area contributed by atoms with Crippen LogP contribution < -0.4 is 4.74 Å². The van der Waals surface area contributed by atoms with Gasteiger partial charge in [0.05, 0.1) is 24.7 Å². The van der Waals surface area contributed by atoms with E-state index >= 15 is 0 Å². The first kappa shape index (κ1) is 18.9. The number of aryl methyl sites for hydroxylation is 2. The summed E-state index contributed by atoms with van der Waals surface area (Å²) in [5.74, 6) is 2.05. The van der Waals surface area contributed by atoms with Crippen molar-refractivity contribution in [3.8, 4) is 17.1 Å². The van der Waals surface area contributed by atoms with Gasteiger partial charge in [-0.15, -0.1) is 10.2 Å². The summed E-state index contributed by atoms with van der Waals surface area (Å²) < 4.78 is 12.3. The number of fused-ring (bicyclic) bond motifs is 1. The molecule has 148 valence electrons. The summed E-state index contributed by atoms with van der Waals surface area (Å²) in [6.45, 7) is 5.00. The monoisotopic (exact) mass is 390 g/mol. The molecule has 0 atom stereocenters. The minimum absolute atomic E-state index is 0.466. The zero-order valence-electron chi connectivity index (χ0n) is 16.7. The highest BCUT2D eigenvalue weighted by Gasteiger charge is 2.11. The van der Waals surface area contributed by atoms with Crippen molar-refractivity contribution in [1.29, 1.82) is 0 Å². The summed E-state index contributed by atoms with van der Waals surface area (Å²) in [5.41, 5.74) is 4.84. The maximum absolute atomic E-state index is 5.52. The van der Waals surface area contributed by atoms with Gasteiger partial charge in [-0.05, 0) is 37.1 Å². The van der Waals surface area contributed by atoms with Crippen LogP contribution in [0.5, 0.6) is 5.75 Å². The molecule has 3 aromatic heterocycles. The van der Waals surface area contributed by atoms with Gasteiger partial charge in [0.1, 0.15) is 6.61 Å². The Morgan fingerprint density at radius 1 is 1.00 bits per heavy atom. The summed E-state index contributed by atoms with van der Waals surface area (Å²) >= 11 is 0. The Labute approximate surface area is 168 Å². The number of aromatic nitrogens is 6. The highest BCUT2D eigenvalue weighted by Crippen LogP contribution is 2.20. The zero-order valence-corrected chi connectivity index (χ0v) is 16.7. The third-order valence-electron chi connectivity index (χ3n) is 4.63. The van der Waals surface area contributed by atoms with Crippen molar-refractivity contribution in [3.05, 3.63) is 65.4 Å². The van der Waals surface area contributed by atoms with E-state index in [4.69, 9.17) is 9.47 Å². The quantitative estimate of drug-likeness (QED) is 0.448. The molecule has 0 saturated heterocycles. The standard InChI is InChI=1S/C21H22N6O2/c1-14-9-19-24-25-20(27(19)26-15(14)2)11-16-5-4-6-17(10-16)21-22-12-18(13-23-21)29-8-7-28-3/h4-6,9-10,12-13H,7-8,11H2,1-3H3. The van der Waals surface area contributed by atoms with Gasteiger partial charge in [0.2, 0.25) is 0 Å². The van der Waals surface area contributed by atoms with Crippen molar-refractivity contribution in [2.24, 2.45) is 0 Å². The largest absolute Gasteiger partial charge is 0.488 e. The molecule has 0 aliphatic carbocycles. The topological polar surface area (TPSA) is 87.3 Å². The molecule has 4 rings (SSSR count). The van der Waals surface area contributed by atoms with Gasteiger partial charge in [-0.3, -0.25) is 0 Å². The maximum Gasteiger partial charge on any atom is 0.178 e. The second kappa shape index (κ2) is 8.32. The molecule has 4 aromatic rings. The molecule has 0 radical (unpaired) electrons. The van der Waals surface area contributed by atoms with Gasteiger partial charge in [0, 0.05) is 19.1 Å². The Morgan fingerprint density at radius 2 is 1.83 bits per heavy atom. The third kappa shape index (κ3) is 4.22. The molecule has 0 amide bonds. The van der Waals surface area contributed by atoms with E-state index in [0.29, 0.717) is 31.2 Å². The average molecular weight is 390 g/mol. The van der Waals surface area contributed by atoms with Crippen molar-refractivity contribution in [3.63, 3.8) is 0 Å². The van der Waals surface area contributed by atoms with E-state index < -0.39 is 0 Å². The maximum atomic E-state index is 5.52. The SMILES string of the molecule is COCCOc1cnc(-c2cccc(Cc3nnc4cc(C)c(C)nn34)c2)nc1. The van der Waals surface area contributed by atoms with Crippen molar-refractivity contribution < 1.29 is 9.47 Å². The summed E-state index contributed by atoms with van der Waals surface area (Å²) in [6.07, 6.45) is 3.96. The fourth-order valence-electron chi connectivity index (χ4n) is 2.95. The molecule has 0 N–H and O–H groups in total. The molecule has 0 saturated carbocycles. The van der Waals surface area contributed by atoms with Gasteiger partial charge in [-0.2, -0.15) is 9.61 Å². The van der Waals surface area contributed by atoms with E-state index in [0.717, 1.165) is 33.9 Å². The normalized spacial score (nSPS) is 11.1. The Balaban J connectivity index is 1.54. The van der Waals surface area contributed by atoms with E-state index in [9.17, 15) is 0 Å². The fourth-order valence-corrected chi connectivity index (χ4v) is 2.95. The van der Waals surface area contributed by atoms with E-state index in [-0.39, 0.29) is 0 Å². The van der Waals surface area contributed by atoms with Crippen LogP contribution in [0.2, 0.25) is 0 Å². The van der Waals surface area contributed by atoms with Crippen LogP contribution in [-0.2, 0) is 11.2 Å². The number of hydrogen-bond acceptors (Lipinski definition) is 7. The minimum Gasteiger partial charge on any atom is -0.488 e. The highest BCUT2D eigenvalue weighted by molar-refractivity contribution is 5.56. The minimum atomic E-state index is 0.466. The van der Waals surface area contributed by atoms with Gasteiger partial charge in [0.25, 0.3) is 0 Å². The molecule has 0 fully saturated rings. The van der Waals surface area contributed by atoms with Gasteiger partial charge in [-0.1, -0.05) is 18.2 Å². The van der Waals surface area contributed by atoms with E-state index in [1.54, 1.807) is 24.0 Å². The number of rotatable bonds is 7. The molecule has 0 aliphatic rings. The number of nitrogens with zero attached hydrogens (tertiary/aromatic N) is 6. The van der Waals surface area contributed by atoms with Crippen molar-refractivity contribution in [2.45, 2.75) is 20.3 Å². The predicted octanol–water partition coefficient (Wildman–Crippen LogP) is 2.81. The predicted molar refractivity (Wildman–Crippen MR) is 108 cm³/mol. The fraction of sp³-hybridized carbons (Fsp3) is 0.286. The third-order valence-corrected chi connectivity index (χ3v) is 4.63. The summed E-state index contributed by atoms with van der Waals surface area (Å²) in [4.78, 5) is 8.83. The molecule has 0 bridgehead atoms. The van der Waals surface area contributed by atoms with Crippen LogP contribution >= 0.6 is 0 Å². The van der Waals surface area contributed by atoms with Crippen LogP contribution in [0.15, 0.2) is 42.7 Å². The van der Waals surface area contributed by atoms with Crippen LogP contribution in [0.25, 0.3) is 17.0 Å². The van der Waals surface area contributed by atoms with Gasteiger partial charge < -0.3 is 9.47 Å². The van der Waals surface area contributed by atoms with Gasteiger partial charge in [-0.25, -0.2) is 9.97 Å². The lowest BCUT2D eigenvalue weighted by Gasteiger charge is -2.07. The first-order valence-corrected chi connectivity index (χ1v) is 9.35. The van der Waals surface area contributed by atoms with Crippen molar-refractivity contribution in [2.75, 3.05) is 20.3 Å². The van der Waals surface area contributed by atoms with Crippen molar-refractivity contribution >= 4 is 5.65 Å². The Morgan fingerprint density at radius 3 is 2.62 bits per heavy atom. The number of ether oxygens (including phenoxy) is 2. The number of methoxy groups -OCH3 is 1. The van der Waals surface area contributed by atoms with Crippen LogP contribution in [0, 0.1) is 13.8 Å². The number of benzene rings is 1. The van der Waals surface area contributed by atoms with Crippen LogP contribution in [0.1, 0.15) is 22.6 Å². The van der Waals surface area contributed by atoms with E-state index in [2.05, 4.69) is 31.3 Å². The lowest BCUT2D eigenvalue weighted by Crippen LogP contribution is -2.05. The smallest absolute Gasteiger partial charge is 0.178 e. The Hall–Kier alpha value is -3.39. The van der Waals surface area contributed by atoms with E-state index in [1.807, 2.05) is 38.1 Å². The second-order valence-corrected chi connectivity index (χ2v) is 6.76. The summed E-state index contributed by atoms with van der Waals surface area (Å²) in [5, 5.41) is 13.2. The number of hydrogen-bond donors (Lipinski definition) is 0. The average Bonchev–Trinajstić information content (AvgIpc) is 3.11. The first-order chi connectivity index (χ1) is 14.1. The molecule has 8 heteroatoms. The Kier molecular flexibility index (Phi) is 5.44. The molecule has 0 aliphatic heterocycles. The summed E-state index contributed by atoms with van der Waals surface area (Å²) in [6, 6.07) is 10.1. The molecule has 8 nitrogen and oxygen atoms in total. The lowest BCUT2D eigenvalue weighted by atomic mass is 10.1. The van der Waals surface area contributed by atoms with E-state index in [1.165, 1.54) is 0 Å². The van der Waals surface area contributed by atoms with Gasteiger partial charge >= 0.3 is 0 Å². The molecule has 0 unspecified atom stereocenters. The van der Waals surface area contributed by atoms with Crippen LogP contribution in [0.4, 0.5) is 0 Å². The molecule has 3 heterocycles. The van der Waals surface area contributed by atoms with Crippen LogP contribution in [-0.4, -0.2) is 50.1 Å².